The number of hydrogen-bond acceptors (Lipinski definition) is 0. The maximum Gasteiger partial charge on any atom is 0.0806 e. The molecule has 1 heteroatoms. The van der Waals surface area contributed by atoms with Crippen LogP contribution < -0.4 is 5.19 Å². The van der Waals surface area contributed by atoms with Gasteiger partial charge in [-0.25, -0.2) is 0 Å². The van der Waals surface area contributed by atoms with Crippen LogP contribution in [0.4, 0.5) is 0 Å². The summed E-state index contributed by atoms with van der Waals surface area (Å²) in [5, 5.41) is 1.63. The standard InChI is InChI=1S/C29H54Si/c1-4-5-6-7-8-9-10-11-12-13-14-15-16-17-18-19-20-21-25-28-30(2,3)29-26-23-22-24-27-29/h22-24,26-27H,4-21,25,28H2,1-3H3. The molecule has 0 fully saturated rings. The highest BCUT2D eigenvalue weighted by atomic mass is 28.3. The first-order chi connectivity index (χ1) is 14.7. The monoisotopic (exact) mass is 430 g/mol. The van der Waals surface area contributed by atoms with E-state index in [0.717, 1.165) is 0 Å². The fraction of sp³-hybridized carbons (Fsp3) is 0.793. The van der Waals surface area contributed by atoms with Gasteiger partial charge in [0.05, 0.1) is 8.07 Å². The molecule has 1 rings (SSSR count). The van der Waals surface area contributed by atoms with Crippen LogP contribution in [0.15, 0.2) is 30.3 Å². The van der Waals surface area contributed by atoms with Gasteiger partial charge in [0.15, 0.2) is 0 Å². The lowest BCUT2D eigenvalue weighted by Crippen LogP contribution is -2.40. The minimum atomic E-state index is -1.19. The molecule has 0 saturated carbocycles. The fourth-order valence-corrected chi connectivity index (χ4v) is 7.20. The number of benzene rings is 1. The number of hydrogen-bond donors (Lipinski definition) is 0. The summed E-state index contributed by atoms with van der Waals surface area (Å²) < 4.78 is 0. The smallest absolute Gasteiger partial charge is 0.0654 e. The Hall–Kier alpha value is -0.563. The summed E-state index contributed by atoms with van der Waals surface area (Å²) in [7, 11) is -1.19. The van der Waals surface area contributed by atoms with E-state index in [-0.39, 0.29) is 0 Å². The molecule has 0 aliphatic carbocycles. The van der Waals surface area contributed by atoms with Gasteiger partial charge in [0.1, 0.15) is 0 Å². The first-order valence-electron chi connectivity index (χ1n) is 13.7. The second kappa shape index (κ2) is 19.1. The maximum atomic E-state index is 2.54. The van der Waals surface area contributed by atoms with E-state index in [1.54, 1.807) is 5.19 Å². The first kappa shape index (κ1) is 27.5. The van der Waals surface area contributed by atoms with E-state index in [9.17, 15) is 0 Å². The Morgan fingerprint density at radius 1 is 0.467 bits per heavy atom. The van der Waals surface area contributed by atoms with Crippen molar-refractivity contribution in [2.45, 2.75) is 148 Å². The Morgan fingerprint density at radius 2 is 0.800 bits per heavy atom. The summed E-state index contributed by atoms with van der Waals surface area (Å²) in [5.74, 6) is 0. The lowest BCUT2D eigenvalue weighted by molar-refractivity contribution is 0.524. The van der Waals surface area contributed by atoms with Gasteiger partial charge in [0.25, 0.3) is 0 Å². The fourth-order valence-electron chi connectivity index (χ4n) is 4.68. The van der Waals surface area contributed by atoms with Crippen LogP contribution in [0, 0.1) is 0 Å². The Bertz CT molecular complexity index is 465. The molecule has 174 valence electrons. The van der Waals surface area contributed by atoms with Crippen molar-refractivity contribution in [1.29, 1.82) is 0 Å². The van der Waals surface area contributed by atoms with Crippen LogP contribution in [-0.2, 0) is 0 Å². The van der Waals surface area contributed by atoms with E-state index in [4.69, 9.17) is 0 Å². The normalized spacial score (nSPS) is 11.8. The molecule has 0 aromatic heterocycles. The summed E-state index contributed by atoms with van der Waals surface area (Å²) in [6.07, 6.45) is 27.8. The first-order valence-corrected chi connectivity index (χ1v) is 16.9. The molecule has 0 unspecified atom stereocenters. The molecule has 0 bridgehead atoms. The van der Waals surface area contributed by atoms with Crippen LogP contribution >= 0.6 is 0 Å². The second-order valence-electron chi connectivity index (χ2n) is 10.4. The topological polar surface area (TPSA) is 0 Å². The molecule has 0 saturated heterocycles. The van der Waals surface area contributed by atoms with Crippen molar-refractivity contribution in [3.05, 3.63) is 30.3 Å². The van der Waals surface area contributed by atoms with Crippen LogP contribution in [-0.4, -0.2) is 8.07 Å². The number of unbranched alkanes of at least 4 members (excludes halogenated alkanes) is 18. The van der Waals surface area contributed by atoms with Gasteiger partial charge in [-0.2, -0.15) is 0 Å². The second-order valence-corrected chi connectivity index (χ2v) is 15.2. The zero-order valence-electron chi connectivity index (χ0n) is 21.0. The van der Waals surface area contributed by atoms with Crippen LogP contribution in [0.3, 0.4) is 0 Å². The molecular weight excluding hydrogens is 376 g/mol. The maximum absolute atomic E-state index is 2.54. The number of rotatable bonds is 21. The van der Waals surface area contributed by atoms with Crippen molar-refractivity contribution in [1.82, 2.24) is 0 Å². The molecular formula is C29H54Si. The average molecular weight is 431 g/mol. The molecule has 0 heterocycles. The van der Waals surface area contributed by atoms with Crippen LogP contribution in [0.25, 0.3) is 0 Å². The van der Waals surface area contributed by atoms with E-state index in [1.165, 1.54) is 128 Å². The SMILES string of the molecule is CCCCCCCCCCCCCCCCCCCCC[Si](C)(C)c1ccccc1. The van der Waals surface area contributed by atoms with Crippen molar-refractivity contribution in [2.75, 3.05) is 0 Å². The van der Waals surface area contributed by atoms with Crippen LogP contribution in [0.1, 0.15) is 129 Å². The molecule has 1 aromatic rings. The summed E-state index contributed by atoms with van der Waals surface area (Å²) in [6.45, 7) is 7.38. The Labute approximate surface area is 191 Å². The minimum absolute atomic E-state index is 1.19. The zero-order chi connectivity index (χ0) is 21.8. The average Bonchev–Trinajstić information content (AvgIpc) is 2.76. The third kappa shape index (κ3) is 15.3. The molecule has 30 heavy (non-hydrogen) atoms. The van der Waals surface area contributed by atoms with E-state index in [1.807, 2.05) is 0 Å². The molecule has 0 aliphatic rings. The lowest BCUT2D eigenvalue weighted by Gasteiger charge is -2.22. The van der Waals surface area contributed by atoms with Gasteiger partial charge < -0.3 is 0 Å². The molecule has 0 nitrogen and oxygen atoms in total. The lowest BCUT2D eigenvalue weighted by atomic mass is 10.0. The zero-order valence-corrected chi connectivity index (χ0v) is 22.0. The predicted molar refractivity (Wildman–Crippen MR) is 142 cm³/mol. The van der Waals surface area contributed by atoms with Gasteiger partial charge in [-0.3, -0.25) is 0 Å². The molecule has 0 aliphatic heterocycles. The Balaban J connectivity index is 1.78. The third-order valence-corrected chi connectivity index (χ3v) is 10.5. The Morgan fingerprint density at radius 3 is 1.17 bits per heavy atom. The van der Waals surface area contributed by atoms with Gasteiger partial charge in [-0.1, -0.05) is 184 Å². The highest BCUT2D eigenvalue weighted by molar-refractivity contribution is 6.89. The van der Waals surface area contributed by atoms with Crippen LogP contribution in [0.2, 0.25) is 19.1 Å². The molecule has 0 spiro atoms. The third-order valence-electron chi connectivity index (χ3n) is 6.96. The van der Waals surface area contributed by atoms with E-state index in [0.29, 0.717) is 0 Å². The van der Waals surface area contributed by atoms with Crippen molar-refractivity contribution in [3.8, 4) is 0 Å². The minimum Gasteiger partial charge on any atom is -0.0654 e. The van der Waals surface area contributed by atoms with E-state index < -0.39 is 8.07 Å². The van der Waals surface area contributed by atoms with Gasteiger partial charge in [0, 0.05) is 0 Å². The van der Waals surface area contributed by atoms with Gasteiger partial charge >= 0.3 is 0 Å². The molecule has 0 radical (unpaired) electrons. The summed E-state index contributed by atoms with van der Waals surface area (Å²) in [4.78, 5) is 0. The quantitative estimate of drug-likeness (QED) is 0.134. The molecule has 0 atom stereocenters. The molecule has 1 aromatic carbocycles. The van der Waals surface area contributed by atoms with Crippen LogP contribution in [0.5, 0.6) is 0 Å². The molecule has 0 amide bonds. The summed E-state index contributed by atoms with van der Waals surface area (Å²) in [6, 6.07) is 12.7. The van der Waals surface area contributed by atoms with Gasteiger partial charge in [0.2, 0.25) is 0 Å². The summed E-state index contributed by atoms with van der Waals surface area (Å²) >= 11 is 0. The van der Waals surface area contributed by atoms with E-state index in [2.05, 4.69) is 50.3 Å². The van der Waals surface area contributed by atoms with Gasteiger partial charge in [-0.05, 0) is 0 Å². The van der Waals surface area contributed by atoms with Crippen molar-refractivity contribution < 1.29 is 0 Å². The predicted octanol–water partition coefficient (Wildman–Crippen LogP) is 10.0. The molecule has 0 N–H and O–H groups in total. The van der Waals surface area contributed by atoms with Crippen molar-refractivity contribution in [2.24, 2.45) is 0 Å². The van der Waals surface area contributed by atoms with Crippen molar-refractivity contribution >= 4 is 13.3 Å². The highest BCUT2D eigenvalue weighted by Crippen LogP contribution is 2.18. The summed E-state index contributed by atoms with van der Waals surface area (Å²) in [5.41, 5.74) is 0. The van der Waals surface area contributed by atoms with Crippen molar-refractivity contribution in [3.63, 3.8) is 0 Å². The Kier molecular flexibility index (Phi) is 17.5. The van der Waals surface area contributed by atoms with E-state index >= 15 is 0 Å². The largest absolute Gasteiger partial charge is 0.0806 e. The van der Waals surface area contributed by atoms with Gasteiger partial charge in [-0.15, -0.1) is 0 Å². The highest BCUT2D eigenvalue weighted by Gasteiger charge is 2.21.